The molecule has 1 unspecified atom stereocenters. The van der Waals surface area contributed by atoms with Gasteiger partial charge in [-0.25, -0.2) is 4.98 Å². The number of hydrogen-bond acceptors (Lipinski definition) is 4. The summed E-state index contributed by atoms with van der Waals surface area (Å²) in [5.41, 5.74) is 0.856. The molecule has 0 saturated carbocycles. The summed E-state index contributed by atoms with van der Waals surface area (Å²) in [6.45, 7) is 8.06. The van der Waals surface area contributed by atoms with Crippen LogP contribution in [0.4, 0.5) is 5.82 Å². The predicted molar refractivity (Wildman–Crippen MR) is 67.2 cm³/mol. The molecule has 1 N–H and O–H groups in total. The van der Waals surface area contributed by atoms with Crippen LogP contribution in [0.2, 0.25) is 0 Å². The highest BCUT2D eigenvalue weighted by Gasteiger charge is 2.27. The minimum atomic E-state index is -0.155. The summed E-state index contributed by atoms with van der Waals surface area (Å²) in [4.78, 5) is 4.38. The Bertz CT molecular complexity index is 369. The highest BCUT2D eigenvalue weighted by molar-refractivity contribution is 5.35. The van der Waals surface area contributed by atoms with E-state index in [1.165, 1.54) is 0 Å². The van der Waals surface area contributed by atoms with E-state index in [1.54, 1.807) is 0 Å². The molecule has 94 valence electrons. The molecule has 2 rings (SSSR count). The second-order valence-electron chi connectivity index (χ2n) is 5.05. The molecule has 0 bridgehead atoms. The van der Waals surface area contributed by atoms with E-state index in [0.29, 0.717) is 13.2 Å². The number of pyridine rings is 1. The molecule has 17 heavy (non-hydrogen) atoms. The SMILES string of the molecule is Cc1cccc(NCC2COC(C)(C)CO2)n1. The molecule has 0 aliphatic carbocycles. The number of aryl methyl sites for hydroxylation is 1. The predicted octanol–water partition coefficient (Wildman–Crippen LogP) is 2.00. The van der Waals surface area contributed by atoms with E-state index in [0.717, 1.165) is 18.1 Å². The molecule has 4 nitrogen and oxygen atoms in total. The lowest BCUT2D eigenvalue weighted by atomic mass is 10.1. The van der Waals surface area contributed by atoms with Crippen LogP contribution in [0.1, 0.15) is 19.5 Å². The van der Waals surface area contributed by atoms with E-state index >= 15 is 0 Å². The number of rotatable bonds is 3. The molecule has 1 saturated heterocycles. The van der Waals surface area contributed by atoms with Crippen LogP contribution in [0, 0.1) is 6.92 Å². The number of anilines is 1. The van der Waals surface area contributed by atoms with Gasteiger partial charge in [-0.15, -0.1) is 0 Å². The van der Waals surface area contributed by atoms with Crippen molar-refractivity contribution >= 4 is 5.82 Å². The van der Waals surface area contributed by atoms with Crippen molar-refractivity contribution in [2.24, 2.45) is 0 Å². The fraction of sp³-hybridized carbons (Fsp3) is 0.615. The van der Waals surface area contributed by atoms with Crippen LogP contribution < -0.4 is 5.32 Å². The number of hydrogen-bond donors (Lipinski definition) is 1. The van der Waals surface area contributed by atoms with Crippen molar-refractivity contribution in [1.82, 2.24) is 4.98 Å². The average molecular weight is 236 g/mol. The van der Waals surface area contributed by atoms with E-state index in [1.807, 2.05) is 39.0 Å². The summed E-state index contributed by atoms with van der Waals surface area (Å²) in [5, 5.41) is 3.27. The Hall–Kier alpha value is -1.13. The van der Waals surface area contributed by atoms with Crippen LogP contribution in [0.25, 0.3) is 0 Å². The maximum Gasteiger partial charge on any atom is 0.126 e. The highest BCUT2D eigenvalue weighted by Crippen LogP contribution is 2.17. The number of nitrogens with one attached hydrogen (secondary N) is 1. The monoisotopic (exact) mass is 236 g/mol. The third-order valence-electron chi connectivity index (χ3n) is 2.73. The zero-order valence-corrected chi connectivity index (χ0v) is 10.7. The van der Waals surface area contributed by atoms with Crippen LogP contribution in [-0.4, -0.2) is 36.4 Å². The minimum Gasteiger partial charge on any atom is -0.371 e. The van der Waals surface area contributed by atoms with Crippen LogP contribution in [-0.2, 0) is 9.47 Å². The molecular formula is C13H20N2O2. The lowest BCUT2D eigenvalue weighted by Crippen LogP contribution is -2.44. The molecule has 1 atom stereocenters. The highest BCUT2D eigenvalue weighted by atomic mass is 16.6. The maximum absolute atomic E-state index is 5.73. The van der Waals surface area contributed by atoms with Gasteiger partial charge in [-0.2, -0.15) is 0 Å². The van der Waals surface area contributed by atoms with Crippen molar-refractivity contribution in [3.63, 3.8) is 0 Å². The topological polar surface area (TPSA) is 43.4 Å². The Labute approximate surface area is 102 Å². The summed E-state index contributed by atoms with van der Waals surface area (Å²) in [6, 6.07) is 5.93. The van der Waals surface area contributed by atoms with Crippen LogP contribution in [0.5, 0.6) is 0 Å². The fourth-order valence-electron chi connectivity index (χ4n) is 1.70. The summed E-state index contributed by atoms with van der Waals surface area (Å²) in [5.74, 6) is 0.887. The van der Waals surface area contributed by atoms with Crippen molar-refractivity contribution in [3.05, 3.63) is 23.9 Å². The van der Waals surface area contributed by atoms with Crippen LogP contribution in [0.3, 0.4) is 0 Å². The molecule has 0 aromatic carbocycles. The standard InChI is InChI=1S/C13H20N2O2/c1-10-5-4-6-12(15-10)14-7-11-8-17-13(2,3)9-16-11/h4-6,11H,7-9H2,1-3H3,(H,14,15). The Morgan fingerprint density at radius 1 is 1.47 bits per heavy atom. The average Bonchev–Trinajstić information content (AvgIpc) is 2.28. The van der Waals surface area contributed by atoms with Gasteiger partial charge in [-0.1, -0.05) is 6.07 Å². The Morgan fingerprint density at radius 3 is 2.94 bits per heavy atom. The quantitative estimate of drug-likeness (QED) is 0.871. The minimum absolute atomic E-state index is 0.102. The third kappa shape index (κ3) is 3.68. The van der Waals surface area contributed by atoms with Gasteiger partial charge in [-0.05, 0) is 32.9 Å². The van der Waals surface area contributed by atoms with Gasteiger partial charge in [-0.3, -0.25) is 0 Å². The first kappa shape index (κ1) is 12.3. The molecule has 1 fully saturated rings. The third-order valence-corrected chi connectivity index (χ3v) is 2.73. The van der Waals surface area contributed by atoms with Gasteiger partial charge in [0.05, 0.1) is 24.9 Å². The summed E-state index contributed by atoms with van der Waals surface area (Å²) in [7, 11) is 0. The largest absolute Gasteiger partial charge is 0.371 e. The molecule has 2 heterocycles. The lowest BCUT2D eigenvalue weighted by molar-refractivity contribution is -0.170. The summed E-state index contributed by atoms with van der Waals surface area (Å²) < 4.78 is 11.4. The lowest BCUT2D eigenvalue weighted by Gasteiger charge is -2.35. The molecule has 1 aliphatic heterocycles. The van der Waals surface area contributed by atoms with Gasteiger partial charge >= 0.3 is 0 Å². The smallest absolute Gasteiger partial charge is 0.126 e. The van der Waals surface area contributed by atoms with E-state index in [2.05, 4.69) is 10.3 Å². The van der Waals surface area contributed by atoms with Gasteiger partial charge < -0.3 is 14.8 Å². The van der Waals surface area contributed by atoms with Crippen molar-refractivity contribution in [2.45, 2.75) is 32.5 Å². The van der Waals surface area contributed by atoms with Crippen molar-refractivity contribution < 1.29 is 9.47 Å². The number of nitrogens with zero attached hydrogens (tertiary/aromatic N) is 1. The van der Waals surface area contributed by atoms with E-state index in [9.17, 15) is 0 Å². The van der Waals surface area contributed by atoms with Gasteiger partial charge in [0.25, 0.3) is 0 Å². The first-order chi connectivity index (χ1) is 8.05. The Balaban J connectivity index is 1.80. The van der Waals surface area contributed by atoms with Gasteiger partial charge in [0.2, 0.25) is 0 Å². The van der Waals surface area contributed by atoms with E-state index < -0.39 is 0 Å². The normalized spacial score (nSPS) is 23.4. The van der Waals surface area contributed by atoms with Crippen molar-refractivity contribution in [1.29, 1.82) is 0 Å². The number of aromatic nitrogens is 1. The molecule has 1 aromatic rings. The fourth-order valence-corrected chi connectivity index (χ4v) is 1.70. The summed E-state index contributed by atoms with van der Waals surface area (Å²) in [6.07, 6.45) is 0.102. The zero-order valence-electron chi connectivity index (χ0n) is 10.7. The number of ether oxygens (including phenoxy) is 2. The van der Waals surface area contributed by atoms with E-state index in [4.69, 9.17) is 9.47 Å². The Morgan fingerprint density at radius 2 is 2.29 bits per heavy atom. The van der Waals surface area contributed by atoms with E-state index in [-0.39, 0.29) is 11.7 Å². The second-order valence-corrected chi connectivity index (χ2v) is 5.05. The molecular weight excluding hydrogens is 216 g/mol. The Kier molecular flexibility index (Phi) is 3.64. The van der Waals surface area contributed by atoms with Gasteiger partial charge in [0.15, 0.2) is 0 Å². The molecule has 1 aromatic heterocycles. The first-order valence-electron chi connectivity index (χ1n) is 5.98. The maximum atomic E-state index is 5.73. The molecule has 0 radical (unpaired) electrons. The second kappa shape index (κ2) is 5.02. The van der Waals surface area contributed by atoms with Crippen molar-refractivity contribution in [3.8, 4) is 0 Å². The van der Waals surface area contributed by atoms with Crippen LogP contribution in [0.15, 0.2) is 18.2 Å². The first-order valence-corrected chi connectivity index (χ1v) is 5.98. The van der Waals surface area contributed by atoms with Gasteiger partial charge in [0, 0.05) is 12.2 Å². The molecule has 4 heteroatoms. The molecule has 1 aliphatic rings. The van der Waals surface area contributed by atoms with Gasteiger partial charge in [0.1, 0.15) is 5.82 Å². The molecule has 0 spiro atoms. The summed E-state index contributed by atoms with van der Waals surface area (Å²) >= 11 is 0. The zero-order chi connectivity index (χ0) is 12.3. The van der Waals surface area contributed by atoms with Crippen LogP contribution >= 0.6 is 0 Å². The molecule has 0 amide bonds. The van der Waals surface area contributed by atoms with Crippen molar-refractivity contribution in [2.75, 3.05) is 25.1 Å².